The van der Waals surface area contributed by atoms with Crippen molar-refractivity contribution >= 4 is 0 Å². The normalized spacial score (nSPS) is 55.5. The van der Waals surface area contributed by atoms with Crippen LogP contribution < -0.4 is 0 Å². The van der Waals surface area contributed by atoms with Gasteiger partial charge in [0.1, 0.15) is 67.1 Å². The van der Waals surface area contributed by atoms with Gasteiger partial charge in [-0.15, -0.1) is 0 Å². The summed E-state index contributed by atoms with van der Waals surface area (Å²) >= 11 is 0. The van der Waals surface area contributed by atoms with Crippen LogP contribution in [0.5, 0.6) is 0 Å². The van der Waals surface area contributed by atoms with Crippen LogP contribution >= 0.6 is 0 Å². The zero-order chi connectivity index (χ0) is 47.3. The predicted molar refractivity (Wildman–Crippen MR) is 227 cm³/mol. The van der Waals surface area contributed by atoms with Gasteiger partial charge in [0.25, 0.3) is 0 Å². The molecule has 18 heteroatoms. The summed E-state index contributed by atoms with van der Waals surface area (Å²) in [5.74, 6) is 0.252. The van der Waals surface area contributed by atoms with Gasteiger partial charge in [-0.3, -0.25) is 0 Å². The zero-order valence-electron chi connectivity index (χ0n) is 39.0. The van der Waals surface area contributed by atoms with E-state index >= 15 is 0 Å². The highest BCUT2D eigenvalue weighted by Crippen LogP contribution is 2.75. The molecule has 18 nitrogen and oxygen atoms in total. The van der Waals surface area contributed by atoms with E-state index in [1.807, 2.05) is 0 Å². The number of hydrogen-bond donors (Lipinski definition) is 11. The molecule has 3 saturated heterocycles. The lowest BCUT2D eigenvalue weighted by Crippen LogP contribution is -2.69. The molecule has 65 heavy (non-hydrogen) atoms. The van der Waals surface area contributed by atoms with Gasteiger partial charge in [0.2, 0.25) is 0 Å². The molecule has 0 aromatic heterocycles. The van der Waals surface area contributed by atoms with E-state index in [-0.39, 0.29) is 46.7 Å². The number of rotatable bonds is 10. The van der Waals surface area contributed by atoms with E-state index in [4.69, 9.17) is 33.2 Å². The molecule has 8 rings (SSSR count). The van der Waals surface area contributed by atoms with Crippen LogP contribution in [0.2, 0.25) is 0 Å². The molecule has 0 spiro atoms. The van der Waals surface area contributed by atoms with Gasteiger partial charge in [0, 0.05) is 18.4 Å². The molecule has 0 aromatic carbocycles. The van der Waals surface area contributed by atoms with Gasteiger partial charge >= 0.3 is 0 Å². The van der Waals surface area contributed by atoms with E-state index in [1.54, 1.807) is 7.11 Å². The molecule has 0 aromatic rings. The lowest BCUT2D eigenvalue weighted by molar-refractivity contribution is -0.374. The monoisotopic (exact) mass is 931 g/mol. The number of allylic oxidation sites excluding steroid dienone is 1. The predicted octanol–water partition coefficient (Wildman–Crippen LogP) is -0.399. The number of ether oxygens (including phenoxy) is 7. The Kier molecular flexibility index (Phi) is 14.2. The van der Waals surface area contributed by atoms with E-state index in [2.05, 4.69) is 40.7 Å². The third-order valence-electron chi connectivity index (χ3n) is 19.0. The van der Waals surface area contributed by atoms with Crippen molar-refractivity contribution in [2.45, 2.75) is 210 Å². The smallest absolute Gasteiger partial charge is 0.187 e. The second-order valence-corrected chi connectivity index (χ2v) is 22.4. The van der Waals surface area contributed by atoms with Crippen LogP contribution in [-0.2, 0) is 33.2 Å². The highest BCUT2D eigenvalue weighted by Gasteiger charge is 2.71. The first kappa shape index (κ1) is 50.4. The maximum Gasteiger partial charge on any atom is 0.187 e. The summed E-state index contributed by atoms with van der Waals surface area (Å²) in [7, 11) is 1.78. The van der Waals surface area contributed by atoms with Crippen molar-refractivity contribution in [1.82, 2.24) is 0 Å². The fourth-order valence-corrected chi connectivity index (χ4v) is 15.1. The Balaban J connectivity index is 1.04. The van der Waals surface area contributed by atoms with E-state index in [0.29, 0.717) is 12.8 Å². The Morgan fingerprint density at radius 3 is 2.00 bits per heavy atom. The van der Waals surface area contributed by atoms with Gasteiger partial charge in [-0.2, -0.15) is 0 Å². The topological polar surface area (TPSA) is 287 Å². The summed E-state index contributed by atoms with van der Waals surface area (Å²) < 4.78 is 42.8. The second kappa shape index (κ2) is 18.3. The zero-order valence-corrected chi connectivity index (χ0v) is 39.0. The average Bonchev–Trinajstić information content (AvgIpc) is 3.27. The van der Waals surface area contributed by atoms with E-state index in [0.717, 1.165) is 44.9 Å². The maximum atomic E-state index is 12.0. The largest absolute Gasteiger partial charge is 0.396 e. The molecule has 8 aliphatic rings. The van der Waals surface area contributed by atoms with Crippen LogP contribution in [0.3, 0.4) is 0 Å². The summed E-state index contributed by atoms with van der Waals surface area (Å²) in [6.07, 6.45) is -14.8. The highest BCUT2D eigenvalue weighted by atomic mass is 16.8. The molecule has 0 amide bonds. The Morgan fingerprint density at radius 2 is 1.32 bits per heavy atom. The van der Waals surface area contributed by atoms with E-state index < -0.39 is 128 Å². The minimum absolute atomic E-state index is 0.0397. The molecule has 0 radical (unpaired) electrons. The summed E-state index contributed by atoms with van der Waals surface area (Å²) in [5.41, 5.74) is -0.555. The van der Waals surface area contributed by atoms with Gasteiger partial charge in [0.15, 0.2) is 18.9 Å². The molecule has 25 atom stereocenters. The third-order valence-corrected chi connectivity index (χ3v) is 19.0. The van der Waals surface area contributed by atoms with Crippen LogP contribution in [0.1, 0.15) is 99.3 Å². The molecular weight excluding hydrogens is 852 g/mol. The lowest BCUT2D eigenvalue weighted by Gasteiger charge is -2.72. The minimum atomic E-state index is -1.77. The third kappa shape index (κ3) is 7.84. The molecule has 3 heterocycles. The molecule has 3 aliphatic heterocycles. The van der Waals surface area contributed by atoms with Crippen molar-refractivity contribution < 1.29 is 89.3 Å². The molecule has 11 N–H and O–H groups in total. The van der Waals surface area contributed by atoms with Crippen molar-refractivity contribution in [2.75, 3.05) is 26.9 Å². The second-order valence-electron chi connectivity index (χ2n) is 22.4. The van der Waals surface area contributed by atoms with Crippen LogP contribution in [0.4, 0.5) is 0 Å². The van der Waals surface area contributed by atoms with Gasteiger partial charge in [-0.05, 0) is 85.4 Å². The Hall–Kier alpha value is -0.980. The number of fused-ring (bicyclic) bond motifs is 7. The Morgan fingerprint density at radius 1 is 0.677 bits per heavy atom. The quantitative estimate of drug-likeness (QED) is 0.0982. The highest BCUT2D eigenvalue weighted by molar-refractivity contribution is 5.36. The number of hydrogen-bond acceptors (Lipinski definition) is 18. The number of aliphatic hydroxyl groups excluding tert-OH is 11. The average molecular weight is 931 g/mol. The molecule has 7 fully saturated rings. The standard InChI is InChI=1S/C47H78O18/c1-21-30(51)32(53)36(57)41(61-21)65-38-26(19-60-40-35(56)33(54)31(52)25(18-48)62-40)63-42(37(58)34(38)55)64-29-12-14-44(4)27(43(29,2)3)11-15-45(5)39(44)24(59-7)16-23-22-10-8-9-13-47(22,20-49)28(50)17-46(23,45)6/h16,21-22,24-42,48-58H,8-15,17-20H2,1-7H3/t21-,22?,24?,25-,26-,27?,28?,29?,30-,31-,32-,33-,34-,35-,36-,37-,38-,39?,40-,41+,42+,44?,45?,46?,47?/m1/s1. The van der Waals surface area contributed by atoms with Gasteiger partial charge in [-0.1, -0.05) is 59.1 Å². The van der Waals surface area contributed by atoms with Crippen molar-refractivity contribution in [1.29, 1.82) is 0 Å². The van der Waals surface area contributed by atoms with Crippen molar-refractivity contribution in [3.63, 3.8) is 0 Å². The first-order valence-electron chi connectivity index (χ1n) is 24.0. The van der Waals surface area contributed by atoms with Gasteiger partial charge < -0.3 is 89.3 Å². The van der Waals surface area contributed by atoms with Crippen LogP contribution in [0, 0.1) is 44.8 Å². The minimum Gasteiger partial charge on any atom is -0.396 e. The van der Waals surface area contributed by atoms with Crippen LogP contribution in [-0.4, -0.2) is 194 Å². The van der Waals surface area contributed by atoms with E-state index in [1.165, 1.54) is 12.5 Å². The summed E-state index contributed by atoms with van der Waals surface area (Å²) in [4.78, 5) is 0. The number of methoxy groups -OCH3 is 1. The molecule has 10 unspecified atom stereocenters. The fraction of sp³-hybridized carbons (Fsp3) is 0.957. The van der Waals surface area contributed by atoms with Crippen molar-refractivity contribution in [3.8, 4) is 0 Å². The number of aliphatic hydroxyl groups is 11. The summed E-state index contributed by atoms with van der Waals surface area (Å²) in [6.45, 7) is 11.6. The summed E-state index contributed by atoms with van der Waals surface area (Å²) in [6, 6.07) is 0. The SMILES string of the molecule is COC1C=C2C3CCCCC3(CO)C(O)CC2(C)C2(C)CCC3C(C)(C)C(O[C@@H]4O[C@H](CO[C@@H]5O[C@H](CO)[C@@H](O)[C@@H](O)[C@H]5O)[C@@H](O[C@@H]5O[C@H](C)[C@@H](O)[C@@H](O)[C@H]5O)[C@H](O)[C@H]4O)CCC3(C)C12. The molecule has 5 aliphatic carbocycles. The van der Waals surface area contributed by atoms with Crippen molar-refractivity contribution in [3.05, 3.63) is 11.6 Å². The van der Waals surface area contributed by atoms with Gasteiger partial charge in [0.05, 0.1) is 44.2 Å². The molecular formula is C47H78O18. The lowest BCUT2D eigenvalue weighted by atomic mass is 9.33. The summed E-state index contributed by atoms with van der Waals surface area (Å²) in [5, 5.41) is 119. The first-order valence-corrected chi connectivity index (χ1v) is 24.0. The molecule has 4 saturated carbocycles. The Labute approximate surface area is 381 Å². The maximum absolute atomic E-state index is 12.0. The van der Waals surface area contributed by atoms with Crippen LogP contribution in [0.15, 0.2) is 11.6 Å². The Bertz CT molecular complexity index is 1700. The van der Waals surface area contributed by atoms with Crippen molar-refractivity contribution in [2.24, 2.45) is 44.8 Å². The molecule has 374 valence electrons. The fourth-order valence-electron chi connectivity index (χ4n) is 15.1. The van der Waals surface area contributed by atoms with Crippen LogP contribution in [0.25, 0.3) is 0 Å². The van der Waals surface area contributed by atoms with E-state index in [9.17, 15) is 56.2 Å². The van der Waals surface area contributed by atoms with Gasteiger partial charge in [-0.25, -0.2) is 0 Å². The molecule has 0 bridgehead atoms. The first-order chi connectivity index (χ1) is 30.6.